The summed E-state index contributed by atoms with van der Waals surface area (Å²) in [4.78, 5) is 10.9. The van der Waals surface area contributed by atoms with Crippen molar-refractivity contribution in [1.29, 1.82) is 0 Å². The van der Waals surface area contributed by atoms with Gasteiger partial charge in [-0.3, -0.25) is 4.99 Å². The van der Waals surface area contributed by atoms with Crippen molar-refractivity contribution in [2.45, 2.75) is 32.2 Å². The van der Waals surface area contributed by atoms with Crippen molar-refractivity contribution in [1.82, 2.24) is 19.8 Å². The van der Waals surface area contributed by atoms with E-state index in [1.54, 1.807) is 7.05 Å². The van der Waals surface area contributed by atoms with E-state index < -0.39 is 9.84 Å². The number of likely N-dealkylation sites (tertiary alicyclic amines) is 1. The third-order valence-electron chi connectivity index (χ3n) is 5.48. The van der Waals surface area contributed by atoms with E-state index in [1.165, 1.54) is 6.26 Å². The first-order chi connectivity index (χ1) is 11.8. The Labute approximate surface area is 173 Å². The van der Waals surface area contributed by atoms with Gasteiger partial charge in [-0.1, -0.05) is 6.92 Å². The van der Waals surface area contributed by atoms with E-state index in [-0.39, 0.29) is 35.1 Å². The van der Waals surface area contributed by atoms with Gasteiger partial charge in [-0.05, 0) is 25.2 Å². The van der Waals surface area contributed by atoms with Crippen molar-refractivity contribution >= 4 is 39.8 Å². The van der Waals surface area contributed by atoms with Crippen LogP contribution in [0.3, 0.4) is 0 Å². The van der Waals surface area contributed by atoms with Gasteiger partial charge >= 0.3 is 0 Å². The summed E-state index contributed by atoms with van der Waals surface area (Å²) >= 11 is 0. The summed E-state index contributed by atoms with van der Waals surface area (Å²) in [6.07, 6.45) is 10.1. The fourth-order valence-corrected chi connectivity index (χ4v) is 5.30. The van der Waals surface area contributed by atoms with Crippen LogP contribution in [0.1, 0.15) is 32.2 Å². The molecule has 1 aromatic heterocycles. The van der Waals surface area contributed by atoms with Gasteiger partial charge in [-0.25, -0.2) is 13.4 Å². The van der Waals surface area contributed by atoms with Crippen LogP contribution >= 0.6 is 24.0 Å². The van der Waals surface area contributed by atoms with E-state index in [1.807, 2.05) is 18.7 Å². The van der Waals surface area contributed by atoms with Gasteiger partial charge in [-0.2, -0.15) is 0 Å². The number of nitrogens with zero attached hydrogens (tertiary/aromatic N) is 4. The Balaban J connectivity index is 0.00000243. The third-order valence-corrected chi connectivity index (χ3v) is 6.62. The molecule has 1 aromatic rings. The lowest BCUT2D eigenvalue weighted by Gasteiger charge is -2.39. The molecule has 148 valence electrons. The minimum atomic E-state index is -2.95. The molecule has 0 bridgehead atoms. The molecule has 1 N–H and O–H groups in total. The Morgan fingerprint density at radius 1 is 1.42 bits per heavy atom. The maximum Gasteiger partial charge on any atom is 0.193 e. The maximum atomic E-state index is 11.6. The summed E-state index contributed by atoms with van der Waals surface area (Å²) in [5, 5.41) is 3.43. The molecule has 3 rings (SSSR count). The van der Waals surface area contributed by atoms with E-state index in [2.05, 4.69) is 31.7 Å². The fraction of sp³-hybridized carbons (Fsp3) is 0.765. The molecule has 1 saturated carbocycles. The molecule has 2 atom stereocenters. The lowest BCUT2D eigenvalue weighted by atomic mass is 9.93. The van der Waals surface area contributed by atoms with Crippen LogP contribution in [0, 0.1) is 11.3 Å². The molecule has 1 saturated heterocycles. The van der Waals surface area contributed by atoms with Gasteiger partial charge in [0.25, 0.3) is 0 Å². The number of halogens is 1. The van der Waals surface area contributed by atoms with E-state index in [4.69, 9.17) is 0 Å². The van der Waals surface area contributed by atoms with Gasteiger partial charge in [-0.15, -0.1) is 24.0 Å². The van der Waals surface area contributed by atoms with Crippen molar-refractivity contribution in [2.24, 2.45) is 16.3 Å². The SMILES string of the molecule is CN=C(NCC1(CS(C)(=O)=O)CC1)N1CCC(C)C(n2ccnc2)C1.I. The van der Waals surface area contributed by atoms with Gasteiger partial charge in [0, 0.05) is 50.7 Å². The van der Waals surface area contributed by atoms with Crippen LogP contribution < -0.4 is 5.32 Å². The van der Waals surface area contributed by atoms with Crippen molar-refractivity contribution in [3.05, 3.63) is 18.7 Å². The molecule has 2 fully saturated rings. The second-order valence-corrected chi connectivity index (χ2v) is 9.90. The van der Waals surface area contributed by atoms with Gasteiger partial charge < -0.3 is 14.8 Å². The van der Waals surface area contributed by atoms with E-state index in [0.29, 0.717) is 18.5 Å². The van der Waals surface area contributed by atoms with Crippen LogP contribution in [0.4, 0.5) is 0 Å². The van der Waals surface area contributed by atoms with Crippen molar-refractivity contribution in [3.8, 4) is 0 Å². The van der Waals surface area contributed by atoms with E-state index in [0.717, 1.165) is 38.3 Å². The summed E-state index contributed by atoms with van der Waals surface area (Å²) in [5.41, 5.74) is -0.101. The summed E-state index contributed by atoms with van der Waals surface area (Å²) in [5.74, 6) is 1.72. The Hall–Kier alpha value is -0.840. The lowest BCUT2D eigenvalue weighted by Crippen LogP contribution is -2.50. The number of guanidine groups is 1. The molecule has 1 aliphatic heterocycles. The zero-order valence-electron chi connectivity index (χ0n) is 15.8. The quantitative estimate of drug-likeness (QED) is 0.383. The molecule has 26 heavy (non-hydrogen) atoms. The number of hydrogen-bond donors (Lipinski definition) is 1. The number of piperidine rings is 1. The monoisotopic (exact) mass is 495 g/mol. The first-order valence-electron chi connectivity index (χ1n) is 8.93. The molecule has 2 unspecified atom stereocenters. The minimum absolute atomic E-state index is 0. The molecule has 0 amide bonds. The topological polar surface area (TPSA) is 79.6 Å². The smallest absolute Gasteiger partial charge is 0.193 e. The number of aromatic nitrogens is 2. The largest absolute Gasteiger partial charge is 0.356 e. The lowest BCUT2D eigenvalue weighted by molar-refractivity contribution is 0.188. The van der Waals surface area contributed by atoms with Crippen molar-refractivity contribution in [3.63, 3.8) is 0 Å². The molecule has 0 spiro atoms. The number of imidazole rings is 1. The summed E-state index contributed by atoms with van der Waals surface area (Å²) in [6, 6.07) is 0.376. The van der Waals surface area contributed by atoms with Crippen LogP contribution in [0.2, 0.25) is 0 Å². The van der Waals surface area contributed by atoms with Gasteiger partial charge in [0.05, 0.1) is 18.1 Å². The fourth-order valence-electron chi connectivity index (χ4n) is 3.80. The number of hydrogen-bond acceptors (Lipinski definition) is 4. The minimum Gasteiger partial charge on any atom is -0.356 e. The zero-order valence-corrected chi connectivity index (χ0v) is 18.9. The van der Waals surface area contributed by atoms with Gasteiger partial charge in [0.15, 0.2) is 5.96 Å². The molecule has 2 aliphatic rings. The molecule has 0 radical (unpaired) electrons. The second-order valence-electron chi connectivity index (χ2n) is 7.76. The highest BCUT2D eigenvalue weighted by atomic mass is 127. The predicted octanol–water partition coefficient (Wildman–Crippen LogP) is 1.78. The molecule has 0 aromatic carbocycles. The molecular weight excluding hydrogens is 465 g/mol. The first kappa shape index (κ1) is 21.5. The highest BCUT2D eigenvalue weighted by Crippen LogP contribution is 2.46. The summed E-state index contributed by atoms with van der Waals surface area (Å²) < 4.78 is 25.4. The molecule has 1 aliphatic carbocycles. The maximum absolute atomic E-state index is 11.6. The Morgan fingerprint density at radius 3 is 2.69 bits per heavy atom. The third kappa shape index (κ3) is 5.34. The van der Waals surface area contributed by atoms with Crippen LogP contribution in [0.25, 0.3) is 0 Å². The normalized spacial score (nSPS) is 25.5. The second kappa shape index (κ2) is 8.45. The molecule has 7 nitrogen and oxygen atoms in total. The van der Waals surface area contributed by atoms with E-state index in [9.17, 15) is 8.42 Å². The van der Waals surface area contributed by atoms with Crippen molar-refractivity contribution < 1.29 is 8.42 Å². The molecule has 9 heteroatoms. The Morgan fingerprint density at radius 2 is 2.15 bits per heavy atom. The van der Waals surface area contributed by atoms with E-state index >= 15 is 0 Å². The standard InChI is InChI=1S/C17H29N5O2S.HI/c1-14-4-8-21(10-15(14)22-9-7-19-13-22)16(18-2)20-11-17(5-6-17)12-25(3,23)24;/h7,9,13-15H,4-6,8,10-12H2,1-3H3,(H,18,20);1H. The average molecular weight is 495 g/mol. The highest BCUT2D eigenvalue weighted by molar-refractivity contribution is 14.0. The van der Waals surface area contributed by atoms with Crippen LogP contribution in [-0.2, 0) is 9.84 Å². The summed E-state index contributed by atoms with van der Waals surface area (Å²) in [7, 11) is -1.15. The Kier molecular flexibility index (Phi) is 6.98. The molecule has 2 heterocycles. The molecular formula is C17H30IN5O2S. The number of aliphatic imine (C=N–C) groups is 1. The average Bonchev–Trinajstić information content (AvgIpc) is 3.08. The number of nitrogens with one attached hydrogen (secondary N) is 1. The highest BCUT2D eigenvalue weighted by Gasteiger charge is 2.45. The Bertz CT molecular complexity index is 716. The van der Waals surface area contributed by atoms with Crippen LogP contribution in [-0.4, -0.2) is 67.5 Å². The summed E-state index contributed by atoms with van der Waals surface area (Å²) in [6.45, 7) is 4.80. The predicted molar refractivity (Wildman–Crippen MR) is 115 cm³/mol. The number of sulfone groups is 1. The zero-order chi connectivity index (χ0) is 18.1. The van der Waals surface area contributed by atoms with Gasteiger partial charge in [0.1, 0.15) is 9.84 Å². The van der Waals surface area contributed by atoms with Gasteiger partial charge in [0.2, 0.25) is 0 Å². The number of rotatable bonds is 5. The first-order valence-corrected chi connectivity index (χ1v) is 11.0. The van der Waals surface area contributed by atoms with Crippen LogP contribution in [0.15, 0.2) is 23.7 Å². The van der Waals surface area contributed by atoms with Crippen LogP contribution in [0.5, 0.6) is 0 Å². The van der Waals surface area contributed by atoms with Crippen molar-refractivity contribution in [2.75, 3.05) is 38.7 Å².